The van der Waals surface area contributed by atoms with Crippen molar-refractivity contribution in [2.45, 2.75) is 26.2 Å². The van der Waals surface area contributed by atoms with Gasteiger partial charge in [0.15, 0.2) is 5.96 Å². The number of nitriles is 1. The van der Waals surface area contributed by atoms with Gasteiger partial charge in [-0.2, -0.15) is 14.0 Å². The van der Waals surface area contributed by atoms with Gasteiger partial charge in [-0.15, -0.1) is 0 Å². The summed E-state index contributed by atoms with van der Waals surface area (Å²) in [6.07, 6.45) is -0.925. The number of nitrogens with one attached hydrogen (secondary N) is 2. The van der Waals surface area contributed by atoms with Gasteiger partial charge in [0.05, 0.1) is 24.3 Å². The summed E-state index contributed by atoms with van der Waals surface area (Å²) in [4.78, 5) is 4.27. The van der Waals surface area contributed by atoms with Crippen molar-refractivity contribution < 1.29 is 23.0 Å². The first-order valence-corrected chi connectivity index (χ1v) is 8.86. The molecule has 0 aromatic heterocycles. The number of alkyl halides is 2. The molecule has 1 atom stereocenters. The van der Waals surface area contributed by atoms with Crippen molar-refractivity contribution in [2.75, 3.05) is 13.1 Å². The van der Waals surface area contributed by atoms with E-state index in [0.717, 1.165) is 6.07 Å². The number of aliphatic imine (C=N–C) groups is 1. The normalized spacial score (nSPS) is 12.4. The Bertz CT molecular complexity index is 867. The molecule has 2 rings (SSSR count). The van der Waals surface area contributed by atoms with Gasteiger partial charge in [0.25, 0.3) is 0 Å². The molecule has 0 bridgehead atoms. The van der Waals surface area contributed by atoms with Crippen LogP contribution in [0.4, 0.5) is 13.2 Å². The van der Waals surface area contributed by atoms with Crippen LogP contribution in [-0.4, -0.2) is 30.8 Å². The summed E-state index contributed by atoms with van der Waals surface area (Å²) < 4.78 is 42.6. The number of aliphatic hydroxyl groups excluding tert-OH is 1. The zero-order valence-electron chi connectivity index (χ0n) is 15.7. The minimum Gasteiger partial charge on any atom is -0.435 e. The average molecular weight is 406 g/mol. The molecule has 6 nitrogen and oxygen atoms in total. The topological polar surface area (TPSA) is 89.7 Å². The van der Waals surface area contributed by atoms with Crippen LogP contribution in [0.3, 0.4) is 0 Å². The fourth-order valence-electron chi connectivity index (χ4n) is 2.43. The SMILES string of the molecule is CCNC(=NCc1ccc(C#N)cc1F)NCC(O)c1ccc(OC(F)F)cc1. The molecular formula is C20H21F3N4O2. The molecule has 3 N–H and O–H groups in total. The van der Waals surface area contributed by atoms with Gasteiger partial charge in [0.1, 0.15) is 11.6 Å². The summed E-state index contributed by atoms with van der Waals surface area (Å²) in [6.45, 7) is -0.360. The van der Waals surface area contributed by atoms with Gasteiger partial charge in [-0.1, -0.05) is 18.2 Å². The van der Waals surface area contributed by atoms with E-state index in [4.69, 9.17) is 5.26 Å². The Morgan fingerprint density at radius 3 is 2.52 bits per heavy atom. The molecule has 0 spiro atoms. The Labute approximate surface area is 166 Å². The zero-order chi connectivity index (χ0) is 21.2. The van der Waals surface area contributed by atoms with Crippen molar-refractivity contribution >= 4 is 5.96 Å². The molecule has 154 valence electrons. The monoisotopic (exact) mass is 406 g/mol. The van der Waals surface area contributed by atoms with E-state index in [2.05, 4.69) is 20.4 Å². The number of aliphatic hydroxyl groups is 1. The predicted molar refractivity (Wildman–Crippen MR) is 102 cm³/mol. The van der Waals surface area contributed by atoms with Gasteiger partial charge in [0, 0.05) is 18.7 Å². The van der Waals surface area contributed by atoms with Crippen LogP contribution in [0.25, 0.3) is 0 Å². The van der Waals surface area contributed by atoms with Gasteiger partial charge in [-0.3, -0.25) is 0 Å². The van der Waals surface area contributed by atoms with E-state index in [1.165, 1.54) is 36.4 Å². The molecule has 0 saturated carbocycles. The third-order valence-corrected chi connectivity index (χ3v) is 3.89. The van der Waals surface area contributed by atoms with Crippen LogP contribution in [-0.2, 0) is 6.54 Å². The van der Waals surface area contributed by atoms with E-state index >= 15 is 0 Å². The van der Waals surface area contributed by atoms with Crippen molar-refractivity contribution in [1.29, 1.82) is 5.26 Å². The number of ether oxygens (including phenoxy) is 1. The summed E-state index contributed by atoms with van der Waals surface area (Å²) in [5.41, 5.74) is 1.07. The number of guanidine groups is 1. The van der Waals surface area contributed by atoms with Crippen molar-refractivity contribution in [3.63, 3.8) is 0 Å². The fourth-order valence-corrected chi connectivity index (χ4v) is 2.43. The molecule has 0 heterocycles. The molecule has 0 aliphatic carbocycles. The zero-order valence-corrected chi connectivity index (χ0v) is 15.7. The number of hydrogen-bond acceptors (Lipinski definition) is 4. The first kappa shape index (κ1) is 22.0. The second kappa shape index (κ2) is 10.9. The van der Waals surface area contributed by atoms with Gasteiger partial charge in [-0.25, -0.2) is 9.38 Å². The molecule has 29 heavy (non-hydrogen) atoms. The van der Waals surface area contributed by atoms with E-state index in [1.54, 1.807) is 0 Å². The summed E-state index contributed by atoms with van der Waals surface area (Å²) in [5.74, 6) is -0.147. The highest BCUT2D eigenvalue weighted by molar-refractivity contribution is 5.79. The highest BCUT2D eigenvalue weighted by Crippen LogP contribution is 2.19. The van der Waals surface area contributed by atoms with E-state index < -0.39 is 18.5 Å². The Balaban J connectivity index is 1.97. The maximum absolute atomic E-state index is 14.0. The maximum Gasteiger partial charge on any atom is 0.387 e. The van der Waals surface area contributed by atoms with E-state index in [-0.39, 0.29) is 24.4 Å². The van der Waals surface area contributed by atoms with Crippen LogP contribution in [0.1, 0.15) is 29.7 Å². The summed E-state index contributed by atoms with van der Waals surface area (Å²) >= 11 is 0. The molecular weight excluding hydrogens is 385 g/mol. The van der Waals surface area contributed by atoms with Gasteiger partial charge in [0.2, 0.25) is 0 Å². The largest absolute Gasteiger partial charge is 0.435 e. The summed E-state index contributed by atoms with van der Waals surface area (Å²) in [7, 11) is 0. The molecule has 0 radical (unpaired) electrons. The number of nitrogens with zero attached hydrogens (tertiary/aromatic N) is 2. The van der Waals surface area contributed by atoms with E-state index in [1.807, 2.05) is 13.0 Å². The highest BCUT2D eigenvalue weighted by Gasteiger charge is 2.11. The van der Waals surface area contributed by atoms with Crippen LogP contribution < -0.4 is 15.4 Å². The van der Waals surface area contributed by atoms with E-state index in [0.29, 0.717) is 23.6 Å². The molecule has 2 aromatic carbocycles. The standard InChI is InChI=1S/C20H21F3N4O2/c1-2-25-20(26-11-15-4-3-13(10-24)9-17(15)21)27-12-18(28)14-5-7-16(8-6-14)29-19(22)23/h3-9,18-19,28H,2,11-12H2,1H3,(H2,25,26,27). The molecule has 0 amide bonds. The molecule has 2 aromatic rings. The number of halogens is 3. The quantitative estimate of drug-likeness (QED) is 0.463. The lowest BCUT2D eigenvalue weighted by molar-refractivity contribution is -0.0498. The third kappa shape index (κ3) is 7.01. The maximum atomic E-state index is 14.0. The first-order chi connectivity index (χ1) is 13.9. The van der Waals surface area contributed by atoms with Crippen LogP contribution in [0, 0.1) is 17.1 Å². The Morgan fingerprint density at radius 1 is 1.21 bits per heavy atom. The lowest BCUT2D eigenvalue weighted by Crippen LogP contribution is -2.39. The highest BCUT2D eigenvalue weighted by atomic mass is 19.3. The third-order valence-electron chi connectivity index (χ3n) is 3.89. The molecule has 0 fully saturated rings. The second-order valence-electron chi connectivity index (χ2n) is 5.96. The molecule has 0 saturated heterocycles. The molecule has 1 unspecified atom stereocenters. The Kier molecular flexibility index (Phi) is 8.30. The predicted octanol–water partition coefficient (Wildman–Crippen LogP) is 3.09. The summed E-state index contributed by atoms with van der Waals surface area (Å²) in [6, 6.07) is 11.7. The number of rotatable bonds is 8. The molecule has 0 aliphatic heterocycles. The Morgan fingerprint density at radius 2 is 1.93 bits per heavy atom. The van der Waals surface area contributed by atoms with E-state index in [9.17, 15) is 18.3 Å². The molecule has 9 heteroatoms. The van der Waals surface area contributed by atoms with Gasteiger partial charge >= 0.3 is 6.61 Å². The van der Waals surface area contributed by atoms with Crippen LogP contribution >= 0.6 is 0 Å². The smallest absolute Gasteiger partial charge is 0.387 e. The van der Waals surface area contributed by atoms with Gasteiger partial charge in [-0.05, 0) is 36.8 Å². The fraction of sp³-hybridized carbons (Fsp3) is 0.300. The van der Waals surface area contributed by atoms with Gasteiger partial charge < -0.3 is 20.5 Å². The average Bonchev–Trinajstić information content (AvgIpc) is 2.70. The first-order valence-electron chi connectivity index (χ1n) is 8.86. The number of hydrogen-bond donors (Lipinski definition) is 3. The Hall–Kier alpha value is -3.25. The van der Waals surface area contributed by atoms with Crippen molar-refractivity contribution in [2.24, 2.45) is 4.99 Å². The molecule has 0 aliphatic rings. The summed E-state index contributed by atoms with van der Waals surface area (Å²) in [5, 5.41) is 25.0. The minimum absolute atomic E-state index is 0.00301. The van der Waals surface area contributed by atoms with Crippen LogP contribution in [0.5, 0.6) is 5.75 Å². The lowest BCUT2D eigenvalue weighted by Gasteiger charge is -2.16. The van der Waals surface area contributed by atoms with Crippen LogP contribution in [0.2, 0.25) is 0 Å². The lowest BCUT2D eigenvalue weighted by atomic mass is 10.1. The number of benzene rings is 2. The minimum atomic E-state index is -2.91. The van der Waals surface area contributed by atoms with Crippen molar-refractivity contribution in [3.8, 4) is 11.8 Å². The second-order valence-corrected chi connectivity index (χ2v) is 5.96. The van der Waals surface area contributed by atoms with Crippen LogP contribution in [0.15, 0.2) is 47.5 Å². The van der Waals surface area contributed by atoms with Crippen molar-refractivity contribution in [3.05, 3.63) is 65.0 Å². The van der Waals surface area contributed by atoms with Crippen molar-refractivity contribution in [1.82, 2.24) is 10.6 Å².